The van der Waals surface area contributed by atoms with Crippen LogP contribution in [0, 0.1) is 6.92 Å². The van der Waals surface area contributed by atoms with Crippen LogP contribution in [-0.2, 0) is 0 Å². The molecule has 27 heavy (non-hydrogen) atoms. The second-order valence-electron chi connectivity index (χ2n) is 6.23. The minimum atomic E-state index is -0.434. The van der Waals surface area contributed by atoms with Gasteiger partial charge in [-0.15, -0.1) is 0 Å². The fourth-order valence-corrected chi connectivity index (χ4v) is 3.80. The van der Waals surface area contributed by atoms with Crippen molar-refractivity contribution in [2.24, 2.45) is 5.84 Å². The molecule has 0 aliphatic carbocycles. The zero-order valence-electron chi connectivity index (χ0n) is 14.5. The molecule has 0 atom stereocenters. The smallest absolute Gasteiger partial charge is 0.267 e. The van der Waals surface area contributed by atoms with Crippen molar-refractivity contribution < 1.29 is 9.59 Å². The maximum atomic E-state index is 13.5. The van der Waals surface area contributed by atoms with Crippen molar-refractivity contribution in [2.75, 3.05) is 0 Å². The molecule has 0 aliphatic heterocycles. The molecule has 1 aromatic heterocycles. The number of fused-ring (bicyclic) bond motifs is 2. The van der Waals surface area contributed by atoms with E-state index < -0.39 is 5.91 Å². The van der Waals surface area contributed by atoms with E-state index in [-0.39, 0.29) is 5.91 Å². The van der Waals surface area contributed by atoms with E-state index in [0.717, 1.165) is 10.8 Å². The molecule has 4 aromatic rings. The zero-order valence-corrected chi connectivity index (χ0v) is 15.2. The molecule has 0 aliphatic rings. The van der Waals surface area contributed by atoms with Crippen molar-refractivity contribution in [1.29, 1.82) is 0 Å². The third-order valence-corrected chi connectivity index (χ3v) is 5.10. The number of nitrogen functional groups attached to an aromatic ring is 1. The third kappa shape index (κ3) is 2.60. The topological polar surface area (TPSA) is 77.1 Å². The van der Waals surface area contributed by atoms with Crippen molar-refractivity contribution >= 4 is 45.1 Å². The minimum absolute atomic E-state index is 0.229. The van der Waals surface area contributed by atoms with Gasteiger partial charge in [-0.25, -0.2) is 5.84 Å². The minimum Gasteiger partial charge on any atom is -0.290 e. The summed E-state index contributed by atoms with van der Waals surface area (Å²) in [5, 5.41) is 2.82. The molecule has 0 unspecified atom stereocenters. The van der Waals surface area contributed by atoms with Gasteiger partial charge < -0.3 is 0 Å². The summed E-state index contributed by atoms with van der Waals surface area (Å²) in [6, 6.07) is 18.2. The van der Waals surface area contributed by atoms with E-state index >= 15 is 0 Å². The molecule has 0 fully saturated rings. The highest BCUT2D eigenvalue weighted by Gasteiger charge is 2.24. The summed E-state index contributed by atoms with van der Waals surface area (Å²) < 4.78 is 1.55. The maximum Gasteiger partial charge on any atom is 0.267 e. The van der Waals surface area contributed by atoms with E-state index in [1.54, 1.807) is 35.8 Å². The lowest BCUT2D eigenvalue weighted by Gasteiger charge is -2.11. The standard InChI is InChI=1S/C21H16ClN3O2/c1-12-19(20(26)24-23)16-6-2-3-11-18(16)25(12)21(27)15-9-4-8-14-13(15)7-5-10-17(14)22/h2-11H,23H2,1H3,(H,24,26). The molecule has 3 aromatic carbocycles. The Kier molecular flexibility index (Phi) is 4.18. The van der Waals surface area contributed by atoms with E-state index in [2.05, 4.69) is 5.43 Å². The molecule has 0 spiro atoms. The molecule has 6 heteroatoms. The number of amides is 1. The molecule has 0 saturated carbocycles. The molecule has 5 nitrogen and oxygen atoms in total. The maximum absolute atomic E-state index is 13.5. The third-order valence-electron chi connectivity index (χ3n) is 4.77. The van der Waals surface area contributed by atoms with Crippen LogP contribution in [0.3, 0.4) is 0 Å². The fourth-order valence-electron chi connectivity index (χ4n) is 3.57. The number of carbonyl (C=O) groups excluding carboxylic acids is 2. The highest BCUT2D eigenvalue weighted by Crippen LogP contribution is 2.30. The zero-order chi connectivity index (χ0) is 19.1. The second kappa shape index (κ2) is 6.54. The largest absolute Gasteiger partial charge is 0.290 e. The van der Waals surface area contributed by atoms with Crippen LogP contribution < -0.4 is 11.3 Å². The van der Waals surface area contributed by atoms with Crippen molar-refractivity contribution in [3.63, 3.8) is 0 Å². The van der Waals surface area contributed by atoms with Crippen LogP contribution in [0.2, 0.25) is 5.02 Å². The van der Waals surface area contributed by atoms with Crippen LogP contribution in [-0.4, -0.2) is 16.4 Å². The molecule has 1 heterocycles. The Labute approximate surface area is 160 Å². The number of nitrogens with two attached hydrogens (primary N) is 1. The van der Waals surface area contributed by atoms with E-state index in [9.17, 15) is 9.59 Å². The van der Waals surface area contributed by atoms with Gasteiger partial charge in [0, 0.05) is 27.1 Å². The summed E-state index contributed by atoms with van der Waals surface area (Å²) in [6.45, 7) is 1.74. The number of hydrazine groups is 1. The number of aromatic nitrogens is 1. The lowest BCUT2D eigenvalue weighted by molar-refractivity contribution is 0.0954. The van der Waals surface area contributed by atoms with Crippen LogP contribution in [0.5, 0.6) is 0 Å². The Morgan fingerprint density at radius 3 is 2.37 bits per heavy atom. The van der Waals surface area contributed by atoms with Crippen molar-refractivity contribution in [1.82, 2.24) is 9.99 Å². The predicted octanol–water partition coefficient (Wildman–Crippen LogP) is 4.05. The van der Waals surface area contributed by atoms with E-state index in [0.29, 0.717) is 32.7 Å². The Morgan fingerprint density at radius 1 is 0.926 bits per heavy atom. The van der Waals surface area contributed by atoms with Gasteiger partial charge in [0.05, 0.1) is 11.1 Å². The number of nitrogens with one attached hydrogen (secondary N) is 1. The highest BCUT2D eigenvalue weighted by molar-refractivity contribution is 6.36. The van der Waals surface area contributed by atoms with E-state index in [1.807, 2.05) is 36.4 Å². The van der Waals surface area contributed by atoms with Crippen molar-refractivity contribution in [3.05, 3.63) is 82.5 Å². The summed E-state index contributed by atoms with van der Waals surface area (Å²) >= 11 is 6.29. The van der Waals surface area contributed by atoms with Crippen molar-refractivity contribution in [2.45, 2.75) is 6.92 Å². The first-order valence-electron chi connectivity index (χ1n) is 8.37. The number of rotatable bonds is 2. The number of halogens is 1. The van der Waals surface area contributed by atoms with Gasteiger partial charge in [-0.1, -0.05) is 54.1 Å². The number of benzene rings is 3. The molecule has 3 N–H and O–H groups in total. The average Bonchev–Trinajstić information content (AvgIpc) is 2.98. The Hall–Kier alpha value is -3.15. The van der Waals surface area contributed by atoms with Crippen LogP contribution in [0.1, 0.15) is 26.4 Å². The van der Waals surface area contributed by atoms with Crippen molar-refractivity contribution in [3.8, 4) is 0 Å². The second-order valence-corrected chi connectivity index (χ2v) is 6.64. The molecule has 1 amide bonds. The van der Waals surface area contributed by atoms with Gasteiger partial charge in [-0.2, -0.15) is 0 Å². The van der Waals surface area contributed by atoms with Crippen LogP contribution in [0.25, 0.3) is 21.7 Å². The summed E-state index contributed by atoms with van der Waals surface area (Å²) in [6.07, 6.45) is 0. The molecule has 134 valence electrons. The van der Waals surface area contributed by atoms with Crippen LogP contribution in [0.15, 0.2) is 60.7 Å². The predicted molar refractivity (Wildman–Crippen MR) is 107 cm³/mol. The van der Waals surface area contributed by atoms with E-state index in [1.165, 1.54) is 0 Å². The first kappa shape index (κ1) is 17.3. The molecule has 0 radical (unpaired) electrons. The number of hydrogen-bond donors (Lipinski definition) is 2. The monoisotopic (exact) mass is 377 g/mol. The van der Waals surface area contributed by atoms with Gasteiger partial charge in [0.15, 0.2) is 0 Å². The van der Waals surface area contributed by atoms with Crippen LogP contribution in [0.4, 0.5) is 0 Å². The lowest BCUT2D eigenvalue weighted by atomic mass is 10.0. The Morgan fingerprint density at radius 2 is 1.59 bits per heavy atom. The Bertz CT molecular complexity index is 1230. The first-order chi connectivity index (χ1) is 13.0. The number of para-hydroxylation sites is 1. The summed E-state index contributed by atoms with van der Waals surface area (Å²) in [5.41, 5.74) is 4.24. The van der Waals surface area contributed by atoms with Gasteiger partial charge in [0.2, 0.25) is 0 Å². The summed E-state index contributed by atoms with van der Waals surface area (Å²) in [5.74, 6) is 4.68. The van der Waals surface area contributed by atoms with E-state index in [4.69, 9.17) is 17.4 Å². The number of nitrogens with zero attached hydrogens (tertiary/aromatic N) is 1. The quantitative estimate of drug-likeness (QED) is 0.314. The SMILES string of the molecule is Cc1c(C(=O)NN)c2ccccc2n1C(=O)c1cccc2c(Cl)cccc12. The summed E-state index contributed by atoms with van der Waals surface area (Å²) in [7, 11) is 0. The van der Waals surface area contributed by atoms with Gasteiger partial charge >= 0.3 is 0 Å². The fraction of sp³-hybridized carbons (Fsp3) is 0.0476. The molecular weight excluding hydrogens is 362 g/mol. The van der Waals surface area contributed by atoms with Gasteiger partial charge in [-0.05, 0) is 30.5 Å². The van der Waals surface area contributed by atoms with Gasteiger partial charge in [0.25, 0.3) is 11.8 Å². The van der Waals surface area contributed by atoms with Gasteiger partial charge in [0.1, 0.15) is 0 Å². The number of carbonyl (C=O) groups is 2. The normalized spacial score (nSPS) is 11.1. The average molecular weight is 378 g/mol. The highest BCUT2D eigenvalue weighted by atomic mass is 35.5. The lowest BCUT2D eigenvalue weighted by Crippen LogP contribution is -2.30. The summed E-state index contributed by atoms with van der Waals surface area (Å²) in [4.78, 5) is 25.8. The molecule has 4 rings (SSSR count). The first-order valence-corrected chi connectivity index (χ1v) is 8.75. The van der Waals surface area contributed by atoms with Crippen LogP contribution >= 0.6 is 11.6 Å². The molecular formula is C21H16ClN3O2. The molecule has 0 bridgehead atoms. The number of hydrogen-bond acceptors (Lipinski definition) is 3. The Balaban J connectivity index is 2.02. The molecule has 0 saturated heterocycles. The van der Waals surface area contributed by atoms with Gasteiger partial charge in [-0.3, -0.25) is 19.6 Å².